The molecule has 0 unspecified atom stereocenters. The number of rotatable bonds is 7. The molecule has 4 heterocycles. The Labute approximate surface area is 229 Å². The number of nitrogens with one attached hydrogen (secondary N) is 1. The Hall–Kier alpha value is -4.94. The van der Waals surface area contributed by atoms with Crippen molar-refractivity contribution in [1.29, 1.82) is 0 Å². The molecule has 1 N–H and O–H groups in total. The fourth-order valence-electron chi connectivity index (χ4n) is 4.42. The lowest BCUT2D eigenvalue weighted by atomic mass is 10.1. The third-order valence-corrected chi connectivity index (χ3v) is 6.37. The van der Waals surface area contributed by atoms with E-state index >= 15 is 4.39 Å². The van der Waals surface area contributed by atoms with E-state index < -0.39 is 17.6 Å². The number of anilines is 3. The monoisotopic (exact) mass is 547 g/mol. The van der Waals surface area contributed by atoms with Gasteiger partial charge in [-0.15, -0.1) is 0 Å². The highest BCUT2D eigenvalue weighted by Gasteiger charge is 2.31. The van der Waals surface area contributed by atoms with Crippen molar-refractivity contribution in [2.45, 2.75) is 19.9 Å². The van der Waals surface area contributed by atoms with Crippen molar-refractivity contribution in [3.8, 4) is 22.9 Å². The summed E-state index contributed by atoms with van der Waals surface area (Å²) in [5.74, 6) is -1.54. The zero-order valence-corrected chi connectivity index (χ0v) is 22.2. The first-order valence-electron chi connectivity index (χ1n) is 12.5. The summed E-state index contributed by atoms with van der Waals surface area (Å²) in [7, 11) is 1.79. The third kappa shape index (κ3) is 5.72. The Morgan fingerprint density at radius 2 is 2.00 bits per heavy atom. The average Bonchev–Trinajstić information content (AvgIpc) is 3.33. The van der Waals surface area contributed by atoms with Gasteiger partial charge in [0.15, 0.2) is 17.4 Å². The molecule has 1 amide bonds. The molecule has 0 aliphatic carbocycles. The number of hydrogen-bond acceptors (Lipinski definition) is 9. The van der Waals surface area contributed by atoms with E-state index in [1.54, 1.807) is 49.4 Å². The number of aryl methyl sites for hydroxylation is 2. The molecule has 0 saturated carbocycles. The molecule has 4 aromatic rings. The summed E-state index contributed by atoms with van der Waals surface area (Å²) < 4.78 is 35.9. The maximum absolute atomic E-state index is 15.2. The van der Waals surface area contributed by atoms with Gasteiger partial charge in [0.25, 0.3) is 5.91 Å². The van der Waals surface area contributed by atoms with E-state index in [2.05, 4.69) is 31.9 Å². The molecule has 1 aliphatic heterocycles. The highest BCUT2D eigenvalue weighted by atomic mass is 19.1. The van der Waals surface area contributed by atoms with Gasteiger partial charge in [-0.2, -0.15) is 10.1 Å². The molecular formula is C27H27F2N9O2. The van der Waals surface area contributed by atoms with Crippen LogP contribution in [0, 0.1) is 12.7 Å². The van der Waals surface area contributed by atoms with E-state index in [-0.39, 0.29) is 24.3 Å². The van der Waals surface area contributed by atoms with Gasteiger partial charge >= 0.3 is 6.01 Å². The minimum atomic E-state index is -1.00. The lowest BCUT2D eigenvalue weighted by Crippen LogP contribution is -2.54. The summed E-state index contributed by atoms with van der Waals surface area (Å²) in [6.07, 6.45) is 6.55. The van der Waals surface area contributed by atoms with Crippen LogP contribution in [-0.4, -0.2) is 66.2 Å². The highest BCUT2D eigenvalue weighted by molar-refractivity contribution is 5.91. The second-order valence-electron chi connectivity index (χ2n) is 9.38. The van der Waals surface area contributed by atoms with Gasteiger partial charge in [0.05, 0.1) is 11.9 Å². The number of nitrogens with zero attached hydrogens (tertiary/aromatic N) is 8. The summed E-state index contributed by atoms with van der Waals surface area (Å²) in [4.78, 5) is 33.0. The minimum Gasteiger partial charge on any atom is -0.421 e. The predicted molar refractivity (Wildman–Crippen MR) is 144 cm³/mol. The van der Waals surface area contributed by atoms with Crippen molar-refractivity contribution in [2.75, 3.05) is 29.9 Å². The first-order valence-corrected chi connectivity index (χ1v) is 12.5. The SMILES string of the molecule is C=C(F)C(=O)N1CCN(c2nc(Nc3cnn(C)c3)ncc2-c2ccc(Oc3nccc(C)n3)c(F)c2)C[C@H]1C. The van der Waals surface area contributed by atoms with Crippen LogP contribution in [0.25, 0.3) is 11.1 Å². The topological polar surface area (TPSA) is 114 Å². The molecule has 1 aromatic carbocycles. The largest absolute Gasteiger partial charge is 0.421 e. The van der Waals surface area contributed by atoms with Gasteiger partial charge in [-0.25, -0.2) is 23.7 Å². The summed E-state index contributed by atoms with van der Waals surface area (Å²) >= 11 is 0. The second kappa shape index (κ2) is 11.0. The lowest BCUT2D eigenvalue weighted by Gasteiger charge is -2.40. The highest BCUT2D eigenvalue weighted by Crippen LogP contribution is 2.34. The van der Waals surface area contributed by atoms with Crippen molar-refractivity contribution < 1.29 is 18.3 Å². The van der Waals surface area contributed by atoms with E-state index in [0.29, 0.717) is 47.4 Å². The number of piperazine rings is 1. The Balaban J connectivity index is 1.47. The van der Waals surface area contributed by atoms with Crippen molar-refractivity contribution in [3.05, 3.63) is 73.0 Å². The quantitative estimate of drug-likeness (QED) is 0.341. The second-order valence-corrected chi connectivity index (χ2v) is 9.38. The average molecular weight is 548 g/mol. The van der Waals surface area contributed by atoms with Crippen LogP contribution in [0.3, 0.4) is 0 Å². The van der Waals surface area contributed by atoms with Gasteiger partial charge < -0.3 is 19.9 Å². The van der Waals surface area contributed by atoms with Crippen LogP contribution in [0.5, 0.6) is 11.8 Å². The Bertz CT molecular complexity index is 1580. The molecule has 13 heteroatoms. The summed E-state index contributed by atoms with van der Waals surface area (Å²) in [6, 6.07) is 5.95. The molecule has 0 radical (unpaired) electrons. The summed E-state index contributed by atoms with van der Waals surface area (Å²) in [6.45, 7) is 7.73. The molecule has 1 fully saturated rings. The number of hydrogen-bond donors (Lipinski definition) is 1. The molecule has 5 rings (SSSR count). The van der Waals surface area contributed by atoms with Crippen LogP contribution in [0.4, 0.5) is 26.2 Å². The standard InChI is InChI=1S/C27H27F2N9O2/c1-16-7-8-30-27(33-16)40-23-6-5-19(11-22(23)29)21-13-31-26(34-20-12-32-36(4)15-20)35-24(21)37-9-10-38(17(2)14-37)25(39)18(3)28/h5-8,11-13,15,17H,3,9-10,14H2,1-2,4H3,(H,31,34,35)/t17-/m1/s1. The number of halogens is 2. The lowest BCUT2D eigenvalue weighted by molar-refractivity contribution is -0.131. The van der Waals surface area contributed by atoms with Crippen molar-refractivity contribution in [3.63, 3.8) is 0 Å². The molecule has 11 nitrogen and oxygen atoms in total. The van der Waals surface area contributed by atoms with Crippen molar-refractivity contribution in [2.24, 2.45) is 7.05 Å². The molecule has 0 bridgehead atoms. The first kappa shape index (κ1) is 26.7. The smallest absolute Gasteiger partial charge is 0.322 e. The Kier molecular flexibility index (Phi) is 7.36. The van der Waals surface area contributed by atoms with E-state index in [0.717, 1.165) is 0 Å². The number of amides is 1. The van der Waals surface area contributed by atoms with Crippen LogP contribution < -0.4 is 15.0 Å². The van der Waals surface area contributed by atoms with E-state index in [9.17, 15) is 9.18 Å². The van der Waals surface area contributed by atoms with Gasteiger partial charge in [-0.3, -0.25) is 9.48 Å². The van der Waals surface area contributed by atoms with E-state index in [4.69, 9.17) is 9.72 Å². The Morgan fingerprint density at radius 3 is 2.67 bits per heavy atom. The summed E-state index contributed by atoms with van der Waals surface area (Å²) in [5, 5.41) is 7.26. The maximum atomic E-state index is 15.2. The molecule has 1 aliphatic rings. The van der Waals surface area contributed by atoms with Gasteiger partial charge in [0.2, 0.25) is 5.95 Å². The van der Waals surface area contributed by atoms with Crippen LogP contribution >= 0.6 is 0 Å². The first-order chi connectivity index (χ1) is 19.2. The van der Waals surface area contributed by atoms with Gasteiger partial charge in [0.1, 0.15) is 5.82 Å². The van der Waals surface area contributed by atoms with Crippen LogP contribution in [-0.2, 0) is 11.8 Å². The predicted octanol–water partition coefficient (Wildman–Crippen LogP) is 4.17. The normalized spacial score (nSPS) is 15.2. The zero-order valence-electron chi connectivity index (χ0n) is 22.2. The van der Waals surface area contributed by atoms with Gasteiger partial charge in [-0.1, -0.05) is 12.6 Å². The molecule has 0 spiro atoms. The van der Waals surface area contributed by atoms with Gasteiger partial charge in [-0.05, 0) is 37.6 Å². The molecule has 206 valence electrons. The van der Waals surface area contributed by atoms with Crippen molar-refractivity contribution in [1.82, 2.24) is 34.6 Å². The zero-order chi connectivity index (χ0) is 28.4. The minimum absolute atomic E-state index is 0.0288. The molecular weight excluding hydrogens is 520 g/mol. The molecule has 40 heavy (non-hydrogen) atoms. The number of carbonyl (C=O) groups is 1. The summed E-state index contributed by atoms with van der Waals surface area (Å²) in [5.41, 5.74) is 2.46. The third-order valence-electron chi connectivity index (χ3n) is 6.37. The molecule has 1 saturated heterocycles. The maximum Gasteiger partial charge on any atom is 0.322 e. The van der Waals surface area contributed by atoms with Gasteiger partial charge in [0, 0.05) is 62.6 Å². The molecule has 1 atom stereocenters. The number of aromatic nitrogens is 6. The van der Waals surface area contributed by atoms with Crippen LogP contribution in [0.1, 0.15) is 12.6 Å². The van der Waals surface area contributed by atoms with E-state index in [1.807, 2.05) is 11.8 Å². The number of benzene rings is 1. The Morgan fingerprint density at radius 1 is 1.18 bits per heavy atom. The number of carbonyl (C=O) groups excluding carboxylic acids is 1. The van der Waals surface area contributed by atoms with Crippen molar-refractivity contribution >= 4 is 23.4 Å². The number of ether oxygens (including phenoxy) is 1. The van der Waals surface area contributed by atoms with E-state index in [1.165, 1.54) is 23.2 Å². The molecule has 3 aromatic heterocycles. The fourth-order valence-corrected chi connectivity index (χ4v) is 4.42. The fraction of sp³-hybridized carbons (Fsp3) is 0.259. The van der Waals surface area contributed by atoms with Crippen LogP contribution in [0.15, 0.2) is 61.5 Å². The van der Waals surface area contributed by atoms with Crippen LogP contribution in [0.2, 0.25) is 0 Å².